The van der Waals surface area contributed by atoms with Crippen molar-refractivity contribution in [2.24, 2.45) is 5.92 Å². The Balaban J connectivity index is 2.05. The highest BCUT2D eigenvalue weighted by Gasteiger charge is 2.25. The first-order valence-corrected chi connectivity index (χ1v) is 5.37. The fraction of sp³-hybridized carbons (Fsp3) is 0.500. The molecule has 2 rings (SSSR count). The summed E-state index contributed by atoms with van der Waals surface area (Å²) in [5.74, 6) is -1.70. The minimum Gasteiger partial charge on any atom is -0.392 e. The molecule has 88 valence electrons. The second-order valence-electron chi connectivity index (χ2n) is 4.11. The molecule has 2 nitrogen and oxygen atoms in total. The van der Waals surface area contributed by atoms with Gasteiger partial charge < -0.3 is 9.84 Å². The van der Waals surface area contributed by atoms with Gasteiger partial charge in [0.15, 0.2) is 11.6 Å². The molecular weight excluding hydrogens is 214 g/mol. The molecule has 0 amide bonds. The van der Waals surface area contributed by atoms with Crippen molar-refractivity contribution in [2.45, 2.75) is 18.9 Å². The summed E-state index contributed by atoms with van der Waals surface area (Å²) in [4.78, 5) is 0. The van der Waals surface area contributed by atoms with Crippen molar-refractivity contribution >= 4 is 0 Å². The number of halogens is 2. The molecular formula is C12H14F2O2. The van der Waals surface area contributed by atoms with Crippen LogP contribution < -0.4 is 0 Å². The quantitative estimate of drug-likeness (QED) is 0.856. The van der Waals surface area contributed by atoms with Crippen LogP contribution in [0.2, 0.25) is 0 Å². The second-order valence-corrected chi connectivity index (χ2v) is 4.11. The van der Waals surface area contributed by atoms with Crippen LogP contribution in [0.1, 0.15) is 12.0 Å². The first-order valence-electron chi connectivity index (χ1n) is 5.37. The summed E-state index contributed by atoms with van der Waals surface area (Å²) in [6.45, 7) is 1.13. The third-order valence-corrected chi connectivity index (χ3v) is 2.97. The van der Waals surface area contributed by atoms with E-state index in [0.29, 0.717) is 13.2 Å². The average Bonchev–Trinajstić information content (AvgIpc) is 2.78. The van der Waals surface area contributed by atoms with Crippen LogP contribution in [0.3, 0.4) is 0 Å². The Hall–Kier alpha value is -1.00. The number of hydrogen-bond donors (Lipinski definition) is 1. The van der Waals surface area contributed by atoms with Crippen molar-refractivity contribution in [3.63, 3.8) is 0 Å². The largest absolute Gasteiger partial charge is 0.392 e. The van der Waals surface area contributed by atoms with Gasteiger partial charge in [0.05, 0.1) is 12.7 Å². The normalized spacial score (nSPS) is 22.3. The maximum atomic E-state index is 13.3. The van der Waals surface area contributed by atoms with Gasteiger partial charge in [-0.3, -0.25) is 0 Å². The molecule has 0 aliphatic carbocycles. The molecule has 0 aromatic heterocycles. The third kappa shape index (κ3) is 2.39. The molecule has 1 aliphatic heterocycles. The molecule has 1 N–H and O–H groups in total. The zero-order valence-electron chi connectivity index (χ0n) is 8.83. The van der Waals surface area contributed by atoms with E-state index in [2.05, 4.69) is 0 Å². The Bertz CT molecular complexity index is 362. The number of aliphatic hydroxyl groups is 1. The molecule has 1 aromatic rings. The lowest BCUT2D eigenvalue weighted by Crippen LogP contribution is -2.23. The van der Waals surface area contributed by atoms with Crippen molar-refractivity contribution in [2.75, 3.05) is 13.2 Å². The van der Waals surface area contributed by atoms with Crippen molar-refractivity contribution in [1.82, 2.24) is 0 Å². The lowest BCUT2D eigenvalue weighted by molar-refractivity contribution is 0.0910. The average molecular weight is 228 g/mol. The van der Waals surface area contributed by atoms with E-state index in [4.69, 9.17) is 4.74 Å². The van der Waals surface area contributed by atoms with Crippen LogP contribution in [0, 0.1) is 17.6 Å². The lowest BCUT2D eigenvalue weighted by Gasteiger charge is -2.16. The predicted molar refractivity (Wildman–Crippen MR) is 55.0 cm³/mol. The van der Waals surface area contributed by atoms with Gasteiger partial charge in [0.25, 0.3) is 0 Å². The molecule has 16 heavy (non-hydrogen) atoms. The van der Waals surface area contributed by atoms with Crippen LogP contribution in [0.25, 0.3) is 0 Å². The van der Waals surface area contributed by atoms with Gasteiger partial charge in [-0.05, 0) is 18.1 Å². The van der Waals surface area contributed by atoms with Crippen LogP contribution in [-0.2, 0) is 11.2 Å². The van der Waals surface area contributed by atoms with Crippen LogP contribution in [0.15, 0.2) is 18.2 Å². The molecule has 0 bridgehead atoms. The van der Waals surface area contributed by atoms with Crippen molar-refractivity contribution in [3.05, 3.63) is 35.4 Å². The summed E-state index contributed by atoms with van der Waals surface area (Å²) in [6.07, 6.45) is 0.245. The number of ether oxygens (including phenoxy) is 1. The minimum absolute atomic E-state index is 0.0302. The summed E-state index contributed by atoms with van der Waals surface area (Å²) in [6, 6.07) is 4.02. The Morgan fingerprint density at radius 2 is 2.25 bits per heavy atom. The molecule has 2 unspecified atom stereocenters. The molecule has 1 fully saturated rings. The van der Waals surface area contributed by atoms with Gasteiger partial charge >= 0.3 is 0 Å². The van der Waals surface area contributed by atoms with E-state index in [0.717, 1.165) is 12.5 Å². The van der Waals surface area contributed by atoms with E-state index in [-0.39, 0.29) is 17.9 Å². The van der Waals surface area contributed by atoms with E-state index in [1.54, 1.807) is 0 Å². The smallest absolute Gasteiger partial charge is 0.162 e. The standard InChI is InChI=1S/C12H14F2O2/c13-10-3-1-2-8(12(10)14)6-11(15)9-4-5-16-7-9/h1-3,9,11,15H,4-7H2. The van der Waals surface area contributed by atoms with Crippen LogP contribution in [-0.4, -0.2) is 24.4 Å². The van der Waals surface area contributed by atoms with E-state index in [9.17, 15) is 13.9 Å². The van der Waals surface area contributed by atoms with Crippen molar-refractivity contribution < 1.29 is 18.6 Å². The Morgan fingerprint density at radius 3 is 2.94 bits per heavy atom. The Labute approximate surface area is 92.9 Å². The number of hydrogen-bond acceptors (Lipinski definition) is 2. The number of benzene rings is 1. The summed E-state index contributed by atoms with van der Waals surface area (Å²) >= 11 is 0. The highest BCUT2D eigenvalue weighted by atomic mass is 19.2. The van der Waals surface area contributed by atoms with Crippen LogP contribution in [0.5, 0.6) is 0 Å². The van der Waals surface area contributed by atoms with Gasteiger partial charge in [-0.1, -0.05) is 12.1 Å². The van der Waals surface area contributed by atoms with Crippen LogP contribution >= 0.6 is 0 Å². The highest BCUT2D eigenvalue weighted by Crippen LogP contribution is 2.21. The molecule has 2 atom stereocenters. The van der Waals surface area contributed by atoms with E-state index in [1.807, 2.05) is 0 Å². The first-order chi connectivity index (χ1) is 7.68. The molecule has 0 radical (unpaired) electrons. The summed E-state index contributed by atoms with van der Waals surface area (Å²) in [7, 11) is 0. The van der Waals surface area contributed by atoms with E-state index in [1.165, 1.54) is 12.1 Å². The second kappa shape index (κ2) is 4.89. The molecule has 1 saturated heterocycles. The summed E-state index contributed by atoms with van der Waals surface area (Å²) < 4.78 is 31.4. The monoisotopic (exact) mass is 228 g/mol. The SMILES string of the molecule is OC(Cc1cccc(F)c1F)C1CCOC1. The first kappa shape index (κ1) is 11.5. The zero-order valence-corrected chi connectivity index (χ0v) is 8.83. The molecule has 4 heteroatoms. The lowest BCUT2D eigenvalue weighted by atomic mass is 9.95. The van der Waals surface area contributed by atoms with Crippen LogP contribution in [0.4, 0.5) is 8.78 Å². The number of rotatable bonds is 3. The Kier molecular flexibility index (Phi) is 3.51. The van der Waals surface area contributed by atoms with Gasteiger partial charge in [-0.25, -0.2) is 8.78 Å². The molecule has 0 saturated carbocycles. The summed E-state index contributed by atoms with van der Waals surface area (Å²) in [5, 5.41) is 9.85. The van der Waals surface area contributed by atoms with Gasteiger partial charge in [0, 0.05) is 18.9 Å². The van der Waals surface area contributed by atoms with Gasteiger partial charge in [-0.15, -0.1) is 0 Å². The maximum Gasteiger partial charge on any atom is 0.162 e. The van der Waals surface area contributed by atoms with Gasteiger partial charge in [-0.2, -0.15) is 0 Å². The van der Waals surface area contributed by atoms with Gasteiger partial charge in [0.1, 0.15) is 0 Å². The van der Waals surface area contributed by atoms with E-state index >= 15 is 0 Å². The minimum atomic E-state index is -0.868. The molecule has 0 spiro atoms. The van der Waals surface area contributed by atoms with Crippen molar-refractivity contribution in [3.8, 4) is 0 Å². The van der Waals surface area contributed by atoms with Crippen molar-refractivity contribution in [1.29, 1.82) is 0 Å². The fourth-order valence-corrected chi connectivity index (χ4v) is 1.95. The summed E-state index contributed by atoms with van der Waals surface area (Å²) in [5.41, 5.74) is 0.222. The fourth-order valence-electron chi connectivity index (χ4n) is 1.95. The Morgan fingerprint density at radius 1 is 1.44 bits per heavy atom. The topological polar surface area (TPSA) is 29.5 Å². The maximum absolute atomic E-state index is 13.3. The predicted octanol–water partition coefficient (Wildman–Crippen LogP) is 1.90. The highest BCUT2D eigenvalue weighted by molar-refractivity contribution is 5.19. The molecule has 1 heterocycles. The van der Waals surface area contributed by atoms with E-state index < -0.39 is 17.7 Å². The zero-order chi connectivity index (χ0) is 11.5. The molecule has 1 aromatic carbocycles. The number of aliphatic hydroxyl groups excluding tert-OH is 1. The van der Waals surface area contributed by atoms with Gasteiger partial charge in [0.2, 0.25) is 0 Å². The third-order valence-electron chi connectivity index (χ3n) is 2.97. The molecule has 1 aliphatic rings.